The van der Waals surface area contributed by atoms with Gasteiger partial charge in [-0.2, -0.15) is 0 Å². The normalized spacial score (nSPS) is 15.9. The molecule has 1 aromatic carbocycles. The molecule has 0 unspecified atom stereocenters. The second kappa shape index (κ2) is 6.09. The molecule has 3 nitrogen and oxygen atoms in total. The highest BCUT2D eigenvalue weighted by molar-refractivity contribution is 5.75. The lowest BCUT2D eigenvalue weighted by molar-refractivity contribution is 0.324. The van der Waals surface area contributed by atoms with Crippen LogP contribution in [0.1, 0.15) is 12.0 Å². The van der Waals surface area contributed by atoms with Gasteiger partial charge in [0.05, 0.1) is 6.54 Å². The first-order chi connectivity index (χ1) is 8.38. The van der Waals surface area contributed by atoms with E-state index in [4.69, 9.17) is 4.74 Å². The van der Waals surface area contributed by atoms with Crippen molar-refractivity contribution < 1.29 is 4.74 Å². The van der Waals surface area contributed by atoms with Crippen molar-refractivity contribution in [3.63, 3.8) is 0 Å². The topological polar surface area (TPSA) is 33.6 Å². The fourth-order valence-corrected chi connectivity index (χ4v) is 1.89. The van der Waals surface area contributed by atoms with E-state index in [0.717, 1.165) is 19.4 Å². The van der Waals surface area contributed by atoms with E-state index in [0.29, 0.717) is 18.7 Å². The number of aliphatic imine (C=N–C) groups is 1. The molecule has 1 N–H and O–H groups in total. The molecule has 0 bridgehead atoms. The van der Waals surface area contributed by atoms with Crippen LogP contribution < -0.4 is 5.32 Å². The second-order valence-electron chi connectivity index (χ2n) is 4.09. The van der Waals surface area contributed by atoms with E-state index in [-0.39, 0.29) is 0 Å². The average Bonchev–Trinajstić information content (AvgIpc) is 2.83. The molecule has 0 saturated carbocycles. The van der Waals surface area contributed by atoms with Crippen molar-refractivity contribution in [2.45, 2.75) is 18.9 Å². The van der Waals surface area contributed by atoms with Gasteiger partial charge in [0.1, 0.15) is 6.61 Å². The van der Waals surface area contributed by atoms with Crippen molar-refractivity contribution in [2.24, 2.45) is 4.99 Å². The average molecular weight is 230 g/mol. The van der Waals surface area contributed by atoms with Gasteiger partial charge in [-0.25, -0.2) is 4.99 Å². The lowest BCUT2D eigenvalue weighted by Gasteiger charge is -2.17. The number of nitrogens with zero attached hydrogens (tertiary/aromatic N) is 1. The molecular weight excluding hydrogens is 212 g/mol. The fraction of sp³-hybridized carbons (Fsp3) is 0.357. The highest BCUT2D eigenvalue weighted by Crippen LogP contribution is 2.07. The van der Waals surface area contributed by atoms with Crippen LogP contribution in [0, 0.1) is 0 Å². The largest absolute Gasteiger partial charge is 0.463 e. The summed E-state index contributed by atoms with van der Waals surface area (Å²) < 4.78 is 5.37. The third-order valence-electron chi connectivity index (χ3n) is 2.69. The molecule has 0 fully saturated rings. The van der Waals surface area contributed by atoms with Gasteiger partial charge in [-0.05, 0) is 18.4 Å². The Bertz CT molecular complexity index is 386. The Morgan fingerprint density at radius 3 is 2.88 bits per heavy atom. The zero-order valence-corrected chi connectivity index (χ0v) is 9.93. The number of nitrogens with one attached hydrogen (secondary N) is 1. The summed E-state index contributed by atoms with van der Waals surface area (Å²) in [5.74, 6) is 0. The van der Waals surface area contributed by atoms with E-state index in [1.807, 2.05) is 12.1 Å². The predicted molar refractivity (Wildman–Crippen MR) is 70.1 cm³/mol. The molecule has 1 heterocycles. The monoisotopic (exact) mass is 230 g/mol. The number of ether oxygens (including phenoxy) is 1. The van der Waals surface area contributed by atoms with Gasteiger partial charge in [0, 0.05) is 6.04 Å². The first-order valence-corrected chi connectivity index (χ1v) is 5.97. The highest BCUT2D eigenvalue weighted by Gasteiger charge is 2.13. The van der Waals surface area contributed by atoms with Crippen molar-refractivity contribution >= 4 is 6.02 Å². The number of rotatable bonds is 5. The van der Waals surface area contributed by atoms with E-state index in [9.17, 15) is 0 Å². The summed E-state index contributed by atoms with van der Waals surface area (Å²) in [6.45, 7) is 5.24. The highest BCUT2D eigenvalue weighted by atomic mass is 16.5. The molecule has 0 aliphatic carbocycles. The second-order valence-corrected chi connectivity index (χ2v) is 4.09. The summed E-state index contributed by atoms with van der Waals surface area (Å²) in [4.78, 5) is 4.25. The summed E-state index contributed by atoms with van der Waals surface area (Å²) in [6, 6.07) is 11.4. The quantitative estimate of drug-likeness (QED) is 0.786. The maximum absolute atomic E-state index is 5.37. The van der Waals surface area contributed by atoms with Crippen LogP contribution in [0.5, 0.6) is 0 Å². The van der Waals surface area contributed by atoms with Gasteiger partial charge in [-0.1, -0.05) is 36.4 Å². The summed E-state index contributed by atoms with van der Waals surface area (Å²) in [6.07, 6.45) is 3.78. The minimum atomic E-state index is 0.298. The molecule has 1 aliphatic rings. The van der Waals surface area contributed by atoms with Gasteiger partial charge in [-0.3, -0.25) is 0 Å². The Labute approximate surface area is 102 Å². The number of hydrogen-bond acceptors (Lipinski definition) is 3. The molecule has 1 aromatic rings. The van der Waals surface area contributed by atoms with Crippen LogP contribution in [0.4, 0.5) is 0 Å². The Morgan fingerprint density at radius 1 is 1.41 bits per heavy atom. The minimum Gasteiger partial charge on any atom is -0.463 e. The van der Waals surface area contributed by atoms with Crippen molar-refractivity contribution in [2.75, 3.05) is 13.2 Å². The predicted octanol–water partition coefficient (Wildman–Crippen LogP) is 2.15. The zero-order valence-electron chi connectivity index (χ0n) is 9.93. The molecule has 0 aromatic heterocycles. The lowest BCUT2D eigenvalue weighted by atomic mass is 10.0. The Balaban J connectivity index is 1.94. The number of amidine groups is 1. The molecule has 3 heteroatoms. The number of hydrogen-bond donors (Lipinski definition) is 1. The van der Waals surface area contributed by atoms with Crippen molar-refractivity contribution in [1.29, 1.82) is 0 Å². The van der Waals surface area contributed by atoms with Gasteiger partial charge in [0.15, 0.2) is 0 Å². The smallest absolute Gasteiger partial charge is 0.285 e. The van der Waals surface area contributed by atoms with Crippen molar-refractivity contribution in [1.82, 2.24) is 5.32 Å². The lowest BCUT2D eigenvalue weighted by Crippen LogP contribution is -2.36. The summed E-state index contributed by atoms with van der Waals surface area (Å²) in [5, 5.41) is 3.32. The summed E-state index contributed by atoms with van der Waals surface area (Å²) in [5.41, 5.74) is 1.31. The summed E-state index contributed by atoms with van der Waals surface area (Å²) in [7, 11) is 0. The molecule has 0 radical (unpaired) electrons. The van der Waals surface area contributed by atoms with Crippen LogP contribution in [-0.2, 0) is 11.2 Å². The first kappa shape index (κ1) is 11.7. The fourth-order valence-electron chi connectivity index (χ4n) is 1.89. The van der Waals surface area contributed by atoms with Gasteiger partial charge >= 0.3 is 0 Å². The zero-order chi connectivity index (χ0) is 11.9. The van der Waals surface area contributed by atoms with Crippen LogP contribution in [0.2, 0.25) is 0 Å². The molecule has 0 spiro atoms. The van der Waals surface area contributed by atoms with Gasteiger partial charge in [-0.15, -0.1) is 6.58 Å². The van der Waals surface area contributed by atoms with E-state index < -0.39 is 0 Å². The van der Waals surface area contributed by atoms with Gasteiger partial charge < -0.3 is 10.1 Å². The minimum absolute atomic E-state index is 0.298. The van der Waals surface area contributed by atoms with E-state index >= 15 is 0 Å². The number of benzene rings is 1. The van der Waals surface area contributed by atoms with Gasteiger partial charge in [0.2, 0.25) is 0 Å². The molecular formula is C14H18N2O. The Morgan fingerprint density at radius 2 is 2.24 bits per heavy atom. The van der Waals surface area contributed by atoms with E-state index in [1.165, 1.54) is 5.56 Å². The Kier molecular flexibility index (Phi) is 4.19. The SMILES string of the molecule is C=CC[C@@H](Cc1ccccc1)NC1=NCCO1. The molecule has 0 amide bonds. The maximum atomic E-state index is 5.37. The third-order valence-corrected chi connectivity index (χ3v) is 2.69. The summed E-state index contributed by atoms with van der Waals surface area (Å²) >= 11 is 0. The Hall–Kier alpha value is -1.77. The molecule has 2 rings (SSSR count). The van der Waals surface area contributed by atoms with Crippen LogP contribution in [0.15, 0.2) is 48.0 Å². The first-order valence-electron chi connectivity index (χ1n) is 5.97. The van der Waals surface area contributed by atoms with Gasteiger partial charge in [0.25, 0.3) is 6.02 Å². The standard InChI is InChI=1S/C14H18N2O/c1-2-6-13(16-14-15-9-10-17-14)11-12-7-4-3-5-8-12/h2-5,7-8,13H,1,6,9-11H2,(H,15,16)/t13-/m0/s1. The van der Waals surface area contributed by atoms with Crippen LogP contribution in [0.3, 0.4) is 0 Å². The van der Waals surface area contributed by atoms with Crippen LogP contribution in [-0.4, -0.2) is 25.2 Å². The van der Waals surface area contributed by atoms with Crippen LogP contribution in [0.25, 0.3) is 0 Å². The molecule has 1 aliphatic heterocycles. The third kappa shape index (κ3) is 3.63. The van der Waals surface area contributed by atoms with Crippen LogP contribution >= 0.6 is 0 Å². The van der Waals surface area contributed by atoms with Crippen molar-refractivity contribution in [3.8, 4) is 0 Å². The van der Waals surface area contributed by atoms with Crippen molar-refractivity contribution in [3.05, 3.63) is 48.6 Å². The maximum Gasteiger partial charge on any atom is 0.285 e. The van der Waals surface area contributed by atoms with E-state index in [1.54, 1.807) is 0 Å². The van der Waals surface area contributed by atoms with E-state index in [2.05, 4.69) is 41.2 Å². The molecule has 0 saturated heterocycles. The molecule has 90 valence electrons. The molecule has 17 heavy (non-hydrogen) atoms. The molecule has 1 atom stereocenters.